The Kier molecular flexibility index (Phi) is 4.10. The maximum Gasteiger partial charge on any atom is 0.337 e. The largest absolute Gasteiger partial charge is 0.478 e. The number of carboxylic acids is 1. The van der Waals surface area contributed by atoms with Crippen molar-refractivity contribution in [1.82, 2.24) is 4.98 Å². The minimum absolute atomic E-state index is 0.111. The van der Waals surface area contributed by atoms with Gasteiger partial charge in [0.25, 0.3) is 0 Å². The summed E-state index contributed by atoms with van der Waals surface area (Å²) in [5, 5.41) is 8.95. The third-order valence-corrected chi connectivity index (χ3v) is 2.37. The Hall–Kier alpha value is -1.78. The van der Waals surface area contributed by atoms with Crippen LogP contribution in [0.25, 0.3) is 0 Å². The number of nitrogen functional groups attached to an aromatic ring is 1. The maximum absolute atomic E-state index is 10.9. The van der Waals surface area contributed by atoms with Crippen LogP contribution in [0.4, 0.5) is 11.5 Å². The molecule has 0 unspecified atom stereocenters. The van der Waals surface area contributed by atoms with Gasteiger partial charge in [-0.25, -0.2) is 9.78 Å². The molecule has 0 bridgehead atoms. The molecule has 0 spiro atoms. The van der Waals surface area contributed by atoms with Gasteiger partial charge < -0.3 is 15.7 Å². The zero-order valence-corrected chi connectivity index (χ0v) is 9.60. The standard InChI is InChI=1S/C11H17N3O2/c1-3-7-14(4-2)10-9(12)8(11(15)16)5-6-13-10/h5-6H,3-4,7,12H2,1-2H3,(H,15,16). The van der Waals surface area contributed by atoms with Crippen LogP contribution in [-0.4, -0.2) is 29.1 Å². The van der Waals surface area contributed by atoms with Crippen LogP contribution < -0.4 is 10.6 Å². The summed E-state index contributed by atoms with van der Waals surface area (Å²) in [7, 11) is 0. The Bertz CT molecular complexity index is 379. The first-order valence-electron chi connectivity index (χ1n) is 5.34. The van der Waals surface area contributed by atoms with E-state index in [1.54, 1.807) is 0 Å². The molecule has 0 radical (unpaired) electrons. The van der Waals surface area contributed by atoms with E-state index in [1.807, 2.05) is 11.8 Å². The number of nitrogens with zero attached hydrogens (tertiary/aromatic N) is 2. The Morgan fingerprint density at radius 2 is 2.25 bits per heavy atom. The van der Waals surface area contributed by atoms with E-state index in [0.29, 0.717) is 5.82 Å². The van der Waals surface area contributed by atoms with E-state index in [9.17, 15) is 4.79 Å². The van der Waals surface area contributed by atoms with Gasteiger partial charge in [0.05, 0.1) is 11.3 Å². The number of hydrogen-bond donors (Lipinski definition) is 2. The lowest BCUT2D eigenvalue weighted by molar-refractivity contribution is 0.0698. The van der Waals surface area contributed by atoms with E-state index < -0.39 is 5.97 Å². The van der Waals surface area contributed by atoms with Gasteiger partial charge in [-0.3, -0.25) is 0 Å². The third kappa shape index (κ3) is 2.42. The molecule has 88 valence electrons. The minimum atomic E-state index is -1.02. The SMILES string of the molecule is CCCN(CC)c1nccc(C(=O)O)c1N. The lowest BCUT2D eigenvalue weighted by atomic mass is 10.2. The summed E-state index contributed by atoms with van der Waals surface area (Å²) in [6.07, 6.45) is 2.44. The van der Waals surface area contributed by atoms with Gasteiger partial charge in [-0.1, -0.05) is 6.92 Å². The highest BCUT2D eigenvalue weighted by molar-refractivity contribution is 5.96. The minimum Gasteiger partial charge on any atom is -0.478 e. The normalized spacial score (nSPS) is 10.1. The van der Waals surface area contributed by atoms with Crippen molar-refractivity contribution in [3.63, 3.8) is 0 Å². The average molecular weight is 223 g/mol. The van der Waals surface area contributed by atoms with Crippen LogP contribution in [0.1, 0.15) is 30.6 Å². The number of rotatable bonds is 5. The van der Waals surface area contributed by atoms with Gasteiger partial charge in [0, 0.05) is 19.3 Å². The van der Waals surface area contributed by atoms with Crippen molar-refractivity contribution in [3.8, 4) is 0 Å². The van der Waals surface area contributed by atoms with Crippen molar-refractivity contribution in [3.05, 3.63) is 17.8 Å². The first-order chi connectivity index (χ1) is 7.61. The molecule has 3 N–H and O–H groups in total. The van der Waals surface area contributed by atoms with Gasteiger partial charge >= 0.3 is 5.97 Å². The van der Waals surface area contributed by atoms with Gasteiger partial charge in [0.2, 0.25) is 0 Å². The van der Waals surface area contributed by atoms with E-state index in [-0.39, 0.29) is 11.3 Å². The summed E-state index contributed by atoms with van der Waals surface area (Å²) in [4.78, 5) is 17.0. The molecule has 0 saturated heterocycles. The number of carbonyl (C=O) groups is 1. The Labute approximate surface area is 94.9 Å². The van der Waals surface area contributed by atoms with Gasteiger partial charge in [-0.05, 0) is 19.4 Å². The highest BCUT2D eigenvalue weighted by Gasteiger charge is 2.15. The molecule has 0 aliphatic heterocycles. The molecule has 0 aromatic carbocycles. The highest BCUT2D eigenvalue weighted by atomic mass is 16.4. The van der Waals surface area contributed by atoms with Crippen molar-refractivity contribution in [1.29, 1.82) is 0 Å². The third-order valence-electron chi connectivity index (χ3n) is 2.37. The predicted molar refractivity (Wildman–Crippen MR) is 63.8 cm³/mol. The second-order valence-electron chi connectivity index (χ2n) is 3.48. The van der Waals surface area contributed by atoms with Crippen LogP contribution in [0.2, 0.25) is 0 Å². The van der Waals surface area contributed by atoms with E-state index in [1.165, 1.54) is 12.3 Å². The Morgan fingerprint density at radius 1 is 1.56 bits per heavy atom. The summed E-state index contributed by atoms with van der Waals surface area (Å²) in [6, 6.07) is 1.42. The molecular formula is C11H17N3O2. The summed E-state index contributed by atoms with van der Waals surface area (Å²) >= 11 is 0. The monoisotopic (exact) mass is 223 g/mol. The molecule has 5 heteroatoms. The number of carboxylic acid groups (broad SMARTS) is 1. The van der Waals surface area contributed by atoms with Gasteiger partial charge in [0.1, 0.15) is 0 Å². The fourth-order valence-corrected chi connectivity index (χ4v) is 1.58. The molecule has 1 aromatic rings. The second-order valence-corrected chi connectivity index (χ2v) is 3.48. The van der Waals surface area contributed by atoms with E-state index in [4.69, 9.17) is 10.8 Å². The molecule has 0 saturated carbocycles. The molecule has 1 rings (SSSR count). The lowest BCUT2D eigenvalue weighted by Gasteiger charge is -2.23. The number of anilines is 2. The summed E-state index contributed by atoms with van der Waals surface area (Å²) in [5.41, 5.74) is 6.16. The summed E-state index contributed by atoms with van der Waals surface area (Å²) in [5.74, 6) is -0.460. The topological polar surface area (TPSA) is 79.5 Å². The fraction of sp³-hybridized carbons (Fsp3) is 0.455. The van der Waals surface area contributed by atoms with E-state index >= 15 is 0 Å². The van der Waals surface area contributed by atoms with Gasteiger partial charge in [-0.2, -0.15) is 0 Å². The Balaban J connectivity index is 3.12. The molecule has 0 fully saturated rings. The summed E-state index contributed by atoms with van der Waals surface area (Å²) < 4.78 is 0. The van der Waals surface area contributed by atoms with Crippen LogP contribution in [0, 0.1) is 0 Å². The van der Waals surface area contributed by atoms with E-state index in [2.05, 4.69) is 11.9 Å². The molecule has 5 nitrogen and oxygen atoms in total. The van der Waals surface area contributed by atoms with E-state index in [0.717, 1.165) is 19.5 Å². The molecule has 16 heavy (non-hydrogen) atoms. The van der Waals surface area contributed by atoms with Crippen molar-refractivity contribution in [2.75, 3.05) is 23.7 Å². The van der Waals surface area contributed by atoms with Crippen molar-refractivity contribution < 1.29 is 9.90 Å². The van der Waals surface area contributed by atoms with Crippen molar-refractivity contribution in [2.24, 2.45) is 0 Å². The first-order valence-corrected chi connectivity index (χ1v) is 5.34. The van der Waals surface area contributed by atoms with Crippen molar-refractivity contribution in [2.45, 2.75) is 20.3 Å². The molecular weight excluding hydrogens is 206 g/mol. The van der Waals surface area contributed by atoms with Crippen LogP contribution in [-0.2, 0) is 0 Å². The number of hydrogen-bond acceptors (Lipinski definition) is 4. The van der Waals surface area contributed by atoms with Gasteiger partial charge in [0.15, 0.2) is 5.82 Å². The quantitative estimate of drug-likeness (QED) is 0.792. The lowest BCUT2D eigenvalue weighted by Crippen LogP contribution is -2.26. The van der Waals surface area contributed by atoms with Gasteiger partial charge in [-0.15, -0.1) is 0 Å². The average Bonchev–Trinajstić information content (AvgIpc) is 2.26. The molecule has 0 aliphatic rings. The molecule has 0 amide bonds. The first kappa shape index (κ1) is 12.3. The zero-order chi connectivity index (χ0) is 12.1. The molecule has 1 heterocycles. The fourth-order valence-electron chi connectivity index (χ4n) is 1.58. The summed E-state index contributed by atoms with van der Waals surface area (Å²) in [6.45, 7) is 5.62. The molecule has 0 atom stereocenters. The predicted octanol–water partition coefficient (Wildman–Crippen LogP) is 1.60. The maximum atomic E-state index is 10.9. The number of pyridine rings is 1. The van der Waals surface area contributed by atoms with Crippen molar-refractivity contribution >= 4 is 17.5 Å². The zero-order valence-electron chi connectivity index (χ0n) is 9.60. The Morgan fingerprint density at radius 3 is 2.75 bits per heavy atom. The number of aromatic nitrogens is 1. The molecule has 0 aliphatic carbocycles. The number of nitrogens with two attached hydrogens (primary N) is 1. The smallest absolute Gasteiger partial charge is 0.337 e. The van der Waals surface area contributed by atoms with Crippen LogP contribution in [0.5, 0.6) is 0 Å². The second kappa shape index (κ2) is 5.34. The number of aromatic carboxylic acids is 1. The van der Waals surface area contributed by atoms with Crippen LogP contribution >= 0.6 is 0 Å². The highest BCUT2D eigenvalue weighted by Crippen LogP contribution is 2.23. The van der Waals surface area contributed by atoms with Crippen LogP contribution in [0.3, 0.4) is 0 Å². The molecule has 1 aromatic heterocycles. The van der Waals surface area contributed by atoms with Crippen LogP contribution in [0.15, 0.2) is 12.3 Å².